The molecule has 0 fully saturated rings. The zero-order chi connectivity index (χ0) is 13.9. The standard InChI is InChI=1S/C16H12O4/c17-16(18)14-8-4-5-11-9-13(20-15(11)14)10-19-12-6-2-1-3-7-12/h1-9H,10H2,(H,17,18). The SMILES string of the molecule is O=C(O)c1cccc2cc(COc3ccccc3)oc12. The predicted molar refractivity (Wildman–Crippen MR) is 73.9 cm³/mol. The summed E-state index contributed by atoms with van der Waals surface area (Å²) in [6.07, 6.45) is 0. The number of carbonyl (C=O) groups is 1. The molecule has 0 bridgehead atoms. The zero-order valence-electron chi connectivity index (χ0n) is 10.6. The lowest BCUT2D eigenvalue weighted by atomic mass is 10.1. The van der Waals surface area contributed by atoms with Gasteiger partial charge in [0.25, 0.3) is 0 Å². The summed E-state index contributed by atoms with van der Waals surface area (Å²) in [6, 6.07) is 16.2. The van der Waals surface area contributed by atoms with Crippen molar-refractivity contribution in [2.45, 2.75) is 6.61 Å². The Morgan fingerprint density at radius 2 is 1.90 bits per heavy atom. The van der Waals surface area contributed by atoms with Crippen molar-refractivity contribution < 1.29 is 19.1 Å². The van der Waals surface area contributed by atoms with Crippen LogP contribution in [0.1, 0.15) is 16.1 Å². The quantitative estimate of drug-likeness (QED) is 0.783. The maximum Gasteiger partial charge on any atom is 0.339 e. The van der Waals surface area contributed by atoms with Crippen LogP contribution >= 0.6 is 0 Å². The van der Waals surface area contributed by atoms with Crippen molar-refractivity contribution in [1.82, 2.24) is 0 Å². The highest BCUT2D eigenvalue weighted by Crippen LogP contribution is 2.24. The average molecular weight is 268 g/mol. The minimum absolute atomic E-state index is 0.161. The molecule has 0 saturated heterocycles. The number of ether oxygens (including phenoxy) is 1. The fraction of sp³-hybridized carbons (Fsp3) is 0.0625. The normalized spacial score (nSPS) is 10.6. The Bertz CT molecular complexity index is 744. The molecule has 1 N–H and O–H groups in total. The molecule has 3 aromatic rings. The van der Waals surface area contributed by atoms with Crippen molar-refractivity contribution in [3.63, 3.8) is 0 Å². The summed E-state index contributed by atoms with van der Waals surface area (Å²) in [5.74, 6) is 0.337. The number of carboxylic acid groups (broad SMARTS) is 1. The molecule has 1 heterocycles. The molecule has 0 spiro atoms. The van der Waals surface area contributed by atoms with E-state index >= 15 is 0 Å². The molecule has 0 saturated carbocycles. The molecule has 3 rings (SSSR count). The Morgan fingerprint density at radius 3 is 2.65 bits per heavy atom. The van der Waals surface area contributed by atoms with Gasteiger partial charge in [-0.1, -0.05) is 30.3 Å². The number of benzene rings is 2. The van der Waals surface area contributed by atoms with Crippen molar-refractivity contribution in [3.8, 4) is 5.75 Å². The van der Waals surface area contributed by atoms with Crippen LogP contribution in [-0.2, 0) is 6.61 Å². The van der Waals surface area contributed by atoms with Gasteiger partial charge >= 0.3 is 5.97 Å². The van der Waals surface area contributed by atoms with Crippen LogP contribution in [0.2, 0.25) is 0 Å². The molecular formula is C16H12O4. The molecule has 20 heavy (non-hydrogen) atoms. The fourth-order valence-electron chi connectivity index (χ4n) is 2.03. The van der Waals surface area contributed by atoms with E-state index in [1.54, 1.807) is 12.1 Å². The zero-order valence-corrected chi connectivity index (χ0v) is 10.6. The Kier molecular flexibility index (Phi) is 3.13. The number of hydrogen-bond donors (Lipinski definition) is 1. The van der Waals surface area contributed by atoms with Crippen LogP contribution in [0.25, 0.3) is 11.0 Å². The molecule has 0 atom stereocenters. The lowest BCUT2D eigenvalue weighted by molar-refractivity contribution is 0.0697. The molecular weight excluding hydrogens is 256 g/mol. The van der Waals surface area contributed by atoms with Crippen LogP contribution in [0, 0.1) is 0 Å². The molecule has 0 aliphatic rings. The van der Waals surface area contributed by atoms with Gasteiger partial charge in [-0.3, -0.25) is 0 Å². The first kappa shape index (κ1) is 12.3. The number of aromatic carboxylic acids is 1. The summed E-state index contributed by atoms with van der Waals surface area (Å²) in [5.41, 5.74) is 0.542. The number of rotatable bonds is 4. The number of para-hydroxylation sites is 2. The molecule has 4 heteroatoms. The third kappa shape index (κ3) is 2.36. The molecule has 0 aliphatic carbocycles. The van der Waals surface area contributed by atoms with Crippen LogP contribution in [0.5, 0.6) is 5.75 Å². The van der Waals surface area contributed by atoms with E-state index in [9.17, 15) is 4.79 Å². The summed E-state index contributed by atoms with van der Waals surface area (Å²) in [5, 5.41) is 9.87. The molecule has 1 aromatic heterocycles. The van der Waals surface area contributed by atoms with Gasteiger partial charge in [-0.15, -0.1) is 0 Å². The summed E-state index contributed by atoms with van der Waals surface area (Å²) in [7, 11) is 0. The van der Waals surface area contributed by atoms with Gasteiger partial charge in [0.15, 0.2) is 0 Å². The van der Waals surface area contributed by atoms with E-state index in [-0.39, 0.29) is 12.2 Å². The molecule has 0 amide bonds. The Hall–Kier alpha value is -2.75. The topological polar surface area (TPSA) is 59.7 Å². The molecule has 0 unspecified atom stereocenters. The Labute approximate surface area is 115 Å². The van der Waals surface area contributed by atoms with Gasteiger partial charge in [0, 0.05) is 5.39 Å². The van der Waals surface area contributed by atoms with E-state index in [1.165, 1.54) is 6.07 Å². The first-order chi connectivity index (χ1) is 9.74. The highest BCUT2D eigenvalue weighted by molar-refractivity contribution is 6.01. The number of furan rings is 1. The third-order valence-corrected chi connectivity index (χ3v) is 2.95. The lowest BCUT2D eigenvalue weighted by Crippen LogP contribution is -1.95. The second kappa shape index (κ2) is 5.09. The minimum Gasteiger partial charge on any atom is -0.486 e. The van der Waals surface area contributed by atoms with E-state index in [1.807, 2.05) is 36.4 Å². The lowest BCUT2D eigenvalue weighted by Gasteiger charge is -2.02. The van der Waals surface area contributed by atoms with Gasteiger partial charge in [0.1, 0.15) is 29.3 Å². The Morgan fingerprint density at radius 1 is 1.10 bits per heavy atom. The molecule has 4 nitrogen and oxygen atoms in total. The first-order valence-corrected chi connectivity index (χ1v) is 6.16. The molecule has 0 aliphatic heterocycles. The van der Waals surface area contributed by atoms with Crippen LogP contribution in [0.4, 0.5) is 0 Å². The summed E-state index contributed by atoms with van der Waals surface area (Å²) in [6.45, 7) is 0.262. The number of hydrogen-bond acceptors (Lipinski definition) is 3. The van der Waals surface area contributed by atoms with Crippen molar-refractivity contribution in [2.75, 3.05) is 0 Å². The predicted octanol–water partition coefficient (Wildman–Crippen LogP) is 3.71. The minimum atomic E-state index is -1.000. The maximum absolute atomic E-state index is 11.1. The van der Waals surface area contributed by atoms with E-state index in [0.29, 0.717) is 11.3 Å². The van der Waals surface area contributed by atoms with Gasteiger partial charge in [-0.25, -0.2) is 4.79 Å². The van der Waals surface area contributed by atoms with Gasteiger partial charge in [0.2, 0.25) is 0 Å². The maximum atomic E-state index is 11.1. The van der Waals surface area contributed by atoms with Gasteiger partial charge in [-0.2, -0.15) is 0 Å². The second-order valence-corrected chi connectivity index (χ2v) is 4.34. The van der Waals surface area contributed by atoms with Crippen molar-refractivity contribution in [1.29, 1.82) is 0 Å². The van der Waals surface area contributed by atoms with Crippen molar-refractivity contribution >= 4 is 16.9 Å². The van der Waals surface area contributed by atoms with Crippen LogP contribution in [0.3, 0.4) is 0 Å². The Balaban J connectivity index is 1.86. The average Bonchev–Trinajstić information content (AvgIpc) is 2.88. The monoisotopic (exact) mass is 268 g/mol. The van der Waals surface area contributed by atoms with Gasteiger partial charge in [-0.05, 0) is 24.3 Å². The summed E-state index contributed by atoms with van der Waals surface area (Å²) >= 11 is 0. The number of carboxylic acids is 1. The molecule has 2 aromatic carbocycles. The summed E-state index contributed by atoms with van der Waals surface area (Å²) < 4.78 is 11.2. The van der Waals surface area contributed by atoms with Gasteiger partial charge in [0.05, 0.1) is 0 Å². The third-order valence-electron chi connectivity index (χ3n) is 2.95. The summed E-state index contributed by atoms with van der Waals surface area (Å²) in [4.78, 5) is 11.1. The second-order valence-electron chi connectivity index (χ2n) is 4.34. The van der Waals surface area contributed by atoms with Crippen molar-refractivity contribution in [3.05, 3.63) is 65.9 Å². The largest absolute Gasteiger partial charge is 0.486 e. The fourth-order valence-corrected chi connectivity index (χ4v) is 2.03. The van der Waals surface area contributed by atoms with Crippen molar-refractivity contribution in [2.24, 2.45) is 0 Å². The van der Waals surface area contributed by atoms with Crippen LogP contribution in [0.15, 0.2) is 59.0 Å². The van der Waals surface area contributed by atoms with E-state index in [2.05, 4.69) is 0 Å². The van der Waals surface area contributed by atoms with E-state index in [4.69, 9.17) is 14.3 Å². The smallest absolute Gasteiger partial charge is 0.339 e. The molecule has 0 radical (unpaired) electrons. The van der Waals surface area contributed by atoms with E-state index in [0.717, 1.165) is 11.1 Å². The highest BCUT2D eigenvalue weighted by atomic mass is 16.5. The first-order valence-electron chi connectivity index (χ1n) is 6.16. The van der Waals surface area contributed by atoms with E-state index < -0.39 is 5.97 Å². The van der Waals surface area contributed by atoms with Gasteiger partial charge < -0.3 is 14.3 Å². The number of fused-ring (bicyclic) bond motifs is 1. The highest BCUT2D eigenvalue weighted by Gasteiger charge is 2.13. The van der Waals surface area contributed by atoms with Crippen LogP contribution < -0.4 is 4.74 Å². The van der Waals surface area contributed by atoms with Crippen LogP contribution in [-0.4, -0.2) is 11.1 Å². The molecule has 100 valence electrons.